The molecule has 0 radical (unpaired) electrons. The number of alkyl halides is 5. The molecule has 3 aliphatic rings. The van der Waals surface area contributed by atoms with Crippen molar-refractivity contribution in [3.63, 3.8) is 0 Å². The lowest BCUT2D eigenvalue weighted by atomic mass is 9.75. The first-order valence-electron chi connectivity index (χ1n) is 17.6. The van der Waals surface area contributed by atoms with Crippen LogP contribution in [0, 0.1) is 10.8 Å². The van der Waals surface area contributed by atoms with Crippen molar-refractivity contribution in [3.05, 3.63) is 83.7 Å². The number of aromatic nitrogens is 5. The Morgan fingerprint density at radius 1 is 1.07 bits per heavy atom. The third-order valence-electron chi connectivity index (χ3n) is 10.0. The van der Waals surface area contributed by atoms with Gasteiger partial charge in [-0.1, -0.05) is 51.1 Å². The van der Waals surface area contributed by atoms with Crippen LogP contribution in [0.1, 0.15) is 101 Å². The SMILES string of the molecule is CC(C)(C)C[C@]1(c2ccc(-c3cnn(C(F)F)c3)cc2)NC(=N)N([C@H](COC(=O)NC2(C)CC2)c2ccc(C(F)(F)F)c(-n3ncnc3C3CC3)c2)C1=O. The van der Waals surface area contributed by atoms with Crippen molar-refractivity contribution in [3.8, 4) is 16.8 Å². The molecule has 3 fully saturated rings. The fourth-order valence-electron chi connectivity index (χ4n) is 6.97. The molecule has 2 aromatic heterocycles. The summed E-state index contributed by atoms with van der Waals surface area (Å²) in [4.78, 5) is 33.3. The highest BCUT2D eigenvalue weighted by molar-refractivity contribution is 6.08. The summed E-state index contributed by atoms with van der Waals surface area (Å²) in [5.41, 5.74) is -2.15. The molecule has 2 aromatic carbocycles. The van der Waals surface area contributed by atoms with Gasteiger partial charge in [-0.05, 0) is 73.3 Å². The van der Waals surface area contributed by atoms with E-state index in [-0.39, 0.29) is 29.5 Å². The molecule has 2 amide bonds. The van der Waals surface area contributed by atoms with Crippen molar-refractivity contribution in [2.75, 3.05) is 6.61 Å². The van der Waals surface area contributed by atoms with Crippen molar-refractivity contribution in [2.24, 2.45) is 5.41 Å². The number of alkyl carbamates (subject to hydrolysis) is 1. The van der Waals surface area contributed by atoms with E-state index >= 15 is 4.79 Å². The van der Waals surface area contributed by atoms with Gasteiger partial charge in [0, 0.05) is 23.2 Å². The van der Waals surface area contributed by atoms with Crippen molar-refractivity contribution >= 4 is 18.0 Å². The first-order chi connectivity index (χ1) is 25.4. The van der Waals surface area contributed by atoms with Crippen LogP contribution >= 0.6 is 0 Å². The van der Waals surface area contributed by atoms with Crippen LogP contribution < -0.4 is 10.6 Å². The van der Waals surface area contributed by atoms with E-state index in [1.54, 1.807) is 24.3 Å². The highest BCUT2D eigenvalue weighted by atomic mass is 19.4. The van der Waals surface area contributed by atoms with Gasteiger partial charge in [-0.15, -0.1) is 0 Å². The van der Waals surface area contributed by atoms with Gasteiger partial charge < -0.3 is 15.4 Å². The molecular weight excluding hydrogens is 713 g/mol. The normalized spacial score (nSPS) is 20.3. The van der Waals surface area contributed by atoms with Crippen molar-refractivity contribution in [1.82, 2.24) is 40.1 Å². The summed E-state index contributed by atoms with van der Waals surface area (Å²) in [5.74, 6) is -0.616. The van der Waals surface area contributed by atoms with Gasteiger partial charge in [-0.2, -0.15) is 32.1 Å². The third kappa shape index (κ3) is 7.27. The van der Waals surface area contributed by atoms with Gasteiger partial charge in [0.1, 0.15) is 24.3 Å². The van der Waals surface area contributed by atoms with Crippen LogP contribution in [0.2, 0.25) is 0 Å². The van der Waals surface area contributed by atoms with E-state index in [9.17, 15) is 26.7 Å². The Labute approximate surface area is 307 Å². The van der Waals surface area contributed by atoms with Gasteiger partial charge in [0.05, 0.1) is 23.5 Å². The van der Waals surface area contributed by atoms with Crippen LogP contribution in [0.4, 0.5) is 26.7 Å². The van der Waals surface area contributed by atoms with Gasteiger partial charge in [0.25, 0.3) is 5.91 Å². The number of rotatable bonds is 11. The Hall–Kier alpha value is -5.35. The molecule has 3 heterocycles. The molecule has 3 N–H and O–H groups in total. The van der Waals surface area contributed by atoms with Crippen LogP contribution in [0.3, 0.4) is 0 Å². The lowest BCUT2D eigenvalue weighted by Crippen LogP contribution is -2.47. The molecule has 54 heavy (non-hydrogen) atoms. The zero-order valence-corrected chi connectivity index (χ0v) is 30.0. The number of ether oxygens (including phenoxy) is 1. The monoisotopic (exact) mass is 753 g/mol. The highest BCUT2D eigenvalue weighted by Crippen LogP contribution is 2.45. The number of carbonyl (C=O) groups is 2. The summed E-state index contributed by atoms with van der Waals surface area (Å²) in [6, 6.07) is 8.78. The fraction of sp³-hybridized carbons (Fsp3) is 0.459. The van der Waals surface area contributed by atoms with Crippen LogP contribution in [0.15, 0.2) is 61.2 Å². The molecule has 2 saturated carbocycles. The molecule has 286 valence electrons. The van der Waals surface area contributed by atoms with E-state index in [0.29, 0.717) is 27.2 Å². The van der Waals surface area contributed by atoms with E-state index in [1.165, 1.54) is 30.9 Å². The number of halogens is 5. The Morgan fingerprint density at radius 3 is 2.37 bits per heavy atom. The van der Waals surface area contributed by atoms with E-state index in [0.717, 1.165) is 41.3 Å². The maximum Gasteiger partial charge on any atom is 0.418 e. The number of carbonyl (C=O) groups excluding carboxylic acids is 2. The molecule has 2 atom stereocenters. The molecule has 0 bridgehead atoms. The molecule has 0 unspecified atom stereocenters. The van der Waals surface area contributed by atoms with E-state index in [4.69, 9.17) is 10.1 Å². The topological polar surface area (TPSA) is 143 Å². The Morgan fingerprint density at radius 2 is 1.78 bits per heavy atom. The van der Waals surface area contributed by atoms with Gasteiger partial charge in [-0.25, -0.2) is 19.1 Å². The summed E-state index contributed by atoms with van der Waals surface area (Å²) in [6.07, 6.45) is 1.35. The number of nitrogens with one attached hydrogen (secondary N) is 3. The predicted octanol–water partition coefficient (Wildman–Crippen LogP) is 7.44. The summed E-state index contributed by atoms with van der Waals surface area (Å²) in [5, 5.41) is 22.9. The van der Waals surface area contributed by atoms with Crippen LogP contribution in [0.5, 0.6) is 0 Å². The molecule has 1 aliphatic heterocycles. The number of benzene rings is 2. The van der Waals surface area contributed by atoms with Gasteiger partial charge in [0.15, 0.2) is 5.96 Å². The second-order valence-electron chi connectivity index (χ2n) is 15.7. The fourth-order valence-corrected chi connectivity index (χ4v) is 6.97. The van der Waals surface area contributed by atoms with Gasteiger partial charge >= 0.3 is 18.8 Å². The average molecular weight is 754 g/mol. The van der Waals surface area contributed by atoms with Crippen LogP contribution in [-0.2, 0) is 21.2 Å². The standard InChI is InChI=1S/C37H40F5N9O3/c1-34(2,3)19-36(25-10-7-21(8-11-25)24-16-45-49(17-24)31(38)39)30(52)50(32(43)47-36)28(18-54-33(53)48-35(4)13-14-35)23-9-12-26(37(40,41)42)27(15-23)51-29(22-5-6-22)44-20-46-51/h7-12,15-17,20,22,28,31H,5-6,13-14,18-19H2,1-4H3,(H2,43,47)(H,48,53)/t28-,36-/m1/s1. The molecule has 4 aromatic rings. The summed E-state index contributed by atoms with van der Waals surface area (Å²) >= 11 is 0. The summed E-state index contributed by atoms with van der Waals surface area (Å²) in [6.45, 7) is 4.30. The molecule has 7 rings (SSSR count). The number of guanidine groups is 1. The second-order valence-corrected chi connectivity index (χ2v) is 15.7. The number of hydrogen-bond donors (Lipinski definition) is 3. The summed E-state index contributed by atoms with van der Waals surface area (Å²) in [7, 11) is 0. The average Bonchev–Trinajstić information content (AvgIpc) is 3.91. The van der Waals surface area contributed by atoms with Crippen molar-refractivity contribution in [1.29, 1.82) is 5.41 Å². The zero-order valence-electron chi connectivity index (χ0n) is 30.0. The lowest BCUT2D eigenvalue weighted by molar-refractivity contribution is -0.138. The first kappa shape index (κ1) is 37.0. The minimum Gasteiger partial charge on any atom is -0.447 e. The van der Waals surface area contributed by atoms with Crippen LogP contribution in [-0.4, -0.2) is 59.6 Å². The lowest BCUT2D eigenvalue weighted by Gasteiger charge is -2.35. The molecular formula is C37H40F5N9O3. The van der Waals surface area contributed by atoms with Gasteiger partial charge in [0.2, 0.25) is 0 Å². The third-order valence-corrected chi connectivity index (χ3v) is 10.0. The number of hydrogen-bond acceptors (Lipinski definition) is 7. The van der Waals surface area contributed by atoms with Crippen LogP contribution in [0.25, 0.3) is 16.8 Å². The van der Waals surface area contributed by atoms with E-state index in [2.05, 4.69) is 25.8 Å². The quantitative estimate of drug-likeness (QED) is 0.135. The van der Waals surface area contributed by atoms with Crippen molar-refractivity contribution in [2.45, 2.75) is 95.6 Å². The maximum absolute atomic E-state index is 15.0. The minimum absolute atomic E-state index is 0.0497. The smallest absolute Gasteiger partial charge is 0.418 e. The van der Waals surface area contributed by atoms with Crippen molar-refractivity contribution < 1.29 is 36.3 Å². The first-order valence-corrected chi connectivity index (χ1v) is 17.6. The maximum atomic E-state index is 15.0. The Balaban J connectivity index is 1.30. The summed E-state index contributed by atoms with van der Waals surface area (Å²) < 4.78 is 77.3. The molecule has 2 aliphatic carbocycles. The van der Waals surface area contributed by atoms with E-state index < -0.39 is 59.4 Å². The largest absolute Gasteiger partial charge is 0.447 e. The van der Waals surface area contributed by atoms with E-state index in [1.807, 2.05) is 27.7 Å². The van der Waals surface area contributed by atoms with Gasteiger partial charge in [-0.3, -0.25) is 15.1 Å². The molecule has 0 spiro atoms. The second kappa shape index (κ2) is 13.2. The number of nitrogens with zero attached hydrogens (tertiary/aromatic N) is 6. The molecule has 17 heteroatoms. The molecule has 1 saturated heterocycles. The molecule has 12 nitrogen and oxygen atoms in total. The predicted molar refractivity (Wildman–Crippen MR) is 186 cm³/mol. The number of amides is 2. The zero-order chi connectivity index (χ0) is 38.8. The minimum atomic E-state index is -4.77. The Kier molecular flexibility index (Phi) is 9.04. The Bertz CT molecular complexity index is 2080. The highest BCUT2D eigenvalue weighted by Gasteiger charge is 2.55.